The molecular formula is C21H22O4. The van der Waals surface area contributed by atoms with Gasteiger partial charge in [-0.15, -0.1) is 0 Å². The Morgan fingerprint density at radius 3 is 2.36 bits per heavy atom. The number of rotatable bonds is 8. The smallest absolute Gasteiger partial charge is 0.317 e. The van der Waals surface area contributed by atoms with E-state index >= 15 is 0 Å². The first-order valence-corrected chi connectivity index (χ1v) is 8.72. The van der Waals surface area contributed by atoms with E-state index in [1.807, 2.05) is 0 Å². The molecule has 0 atom stereocenters. The van der Waals surface area contributed by atoms with E-state index in [1.54, 1.807) is 0 Å². The summed E-state index contributed by atoms with van der Waals surface area (Å²) >= 11 is 0. The van der Waals surface area contributed by atoms with Crippen LogP contribution in [0.3, 0.4) is 0 Å². The molecule has 3 rings (SSSR count). The molecule has 4 nitrogen and oxygen atoms in total. The van der Waals surface area contributed by atoms with Crippen molar-refractivity contribution in [3.05, 3.63) is 59.2 Å². The monoisotopic (exact) mass is 338 g/mol. The molecule has 4 heteroatoms. The highest BCUT2D eigenvalue weighted by atomic mass is 16.4. The summed E-state index contributed by atoms with van der Waals surface area (Å²) in [5.74, 6) is -3.77. The van der Waals surface area contributed by atoms with Gasteiger partial charge in [-0.05, 0) is 53.5 Å². The van der Waals surface area contributed by atoms with Crippen LogP contribution < -0.4 is 0 Å². The van der Waals surface area contributed by atoms with Crippen molar-refractivity contribution in [2.75, 3.05) is 0 Å². The molecule has 0 saturated heterocycles. The molecule has 0 saturated carbocycles. The van der Waals surface area contributed by atoms with Gasteiger partial charge in [-0.3, -0.25) is 9.59 Å². The number of benzene rings is 2. The zero-order valence-corrected chi connectivity index (χ0v) is 14.1. The summed E-state index contributed by atoms with van der Waals surface area (Å²) in [5.41, 5.74) is 6.77. The third kappa shape index (κ3) is 3.73. The predicted octanol–water partition coefficient (Wildman–Crippen LogP) is 4.15. The largest absolute Gasteiger partial charge is 0.481 e. The Morgan fingerprint density at radius 1 is 0.880 bits per heavy atom. The van der Waals surface area contributed by atoms with Crippen LogP contribution in [0.15, 0.2) is 42.5 Å². The summed E-state index contributed by atoms with van der Waals surface area (Å²) < 4.78 is 0. The van der Waals surface area contributed by atoms with Crippen LogP contribution in [0.2, 0.25) is 0 Å². The normalized spacial score (nSPS) is 12.0. The second-order valence-corrected chi connectivity index (χ2v) is 6.61. The highest BCUT2D eigenvalue weighted by Crippen LogP contribution is 2.38. The predicted molar refractivity (Wildman–Crippen MR) is 95.6 cm³/mol. The quantitative estimate of drug-likeness (QED) is 0.478. The van der Waals surface area contributed by atoms with Crippen LogP contribution in [0, 0.1) is 5.92 Å². The zero-order valence-electron chi connectivity index (χ0n) is 14.1. The van der Waals surface area contributed by atoms with Gasteiger partial charge in [0.25, 0.3) is 0 Å². The fourth-order valence-electron chi connectivity index (χ4n) is 3.65. The molecular weight excluding hydrogens is 316 g/mol. The van der Waals surface area contributed by atoms with Gasteiger partial charge in [-0.1, -0.05) is 55.3 Å². The molecule has 2 aromatic carbocycles. The number of unbranched alkanes of at least 4 members (excludes halogenated alkanes) is 2. The van der Waals surface area contributed by atoms with Gasteiger partial charge in [0, 0.05) is 0 Å². The molecule has 0 aromatic heterocycles. The maximum Gasteiger partial charge on any atom is 0.317 e. The van der Waals surface area contributed by atoms with Gasteiger partial charge < -0.3 is 10.2 Å². The maximum absolute atomic E-state index is 10.9. The molecule has 0 bridgehead atoms. The van der Waals surface area contributed by atoms with Crippen molar-refractivity contribution < 1.29 is 19.8 Å². The lowest BCUT2D eigenvalue weighted by Gasteiger charge is -2.09. The molecule has 0 amide bonds. The molecule has 0 aliphatic heterocycles. The number of aryl methyl sites for hydroxylation is 1. The van der Waals surface area contributed by atoms with Crippen molar-refractivity contribution in [3.63, 3.8) is 0 Å². The zero-order chi connectivity index (χ0) is 17.8. The van der Waals surface area contributed by atoms with E-state index in [0.717, 1.165) is 25.7 Å². The van der Waals surface area contributed by atoms with Crippen molar-refractivity contribution in [2.45, 2.75) is 38.5 Å². The van der Waals surface area contributed by atoms with Crippen LogP contribution in [0.5, 0.6) is 0 Å². The molecule has 0 fully saturated rings. The van der Waals surface area contributed by atoms with Crippen LogP contribution in [0.1, 0.15) is 42.4 Å². The number of fused-ring (bicyclic) bond motifs is 3. The Bertz CT molecular complexity index is 780. The van der Waals surface area contributed by atoms with E-state index in [-0.39, 0.29) is 6.42 Å². The Labute approximate surface area is 147 Å². The summed E-state index contributed by atoms with van der Waals surface area (Å²) in [6.07, 6.45) is 4.53. The third-order valence-electron chi connectivity index (χ3n) is 4.98. The van der Waals surface area contributed by atoms with Crippen molar-refractivity contribution in [1.29, 1.82) is 0 Å². The van der Waals surface area contributed by atoms with E-state index < -0.39 is 17.9 Å². The average molecular weight is 338 g/mol. The van der Waals surface area contributed by atoms with Crippen molar-refractivity contribution in [3.8, 4) is 11.1 Å². The summed E-state index contributed by atoms with van der Waals surface area (Å²) in [4.78, 5) is 21.8. The Hall–Kier alpha value is -2.62. The fourth-order valence-corrected chi connectivity index (χ4v) is 3.65. The first-order chi connectivity index (χ1) is 12.1. The number of hydrogen-bond donors (Lipinski definition) is 2. The summed E-state index contributed by atoms with van der Waals surface area (Å²) in [5, 5.41) is 17.8. The lowest BCUT2D eigenvalue weighted by molar-refractivity contribution is -0.154. The molecule has 130 valence electrons. The summed E-state index contributed by atoms with van der Waals surface area (Å²) in [6.45, 7) is 0. The summed E-state index contributed by atoms with van der Waals surface area (Å²) in [7, 11) is 0. The van der Waals surface area contributed by atoms with E-state index in [2.05, 4.69) is 42.5 Å². The first-order valence-electron chi connectivity index (χ1n) is 8.72. The highest BCUT2D eigenvalue weighted by Gasteiger charge is 2.25. The molecule has 1 aliphatic carbocycles. The number of hydrogen-bond acceptors (Lipinski definition) is 2. The SMILES string of the molecule is O=C(O)C(CCCCCc1cccc2c1Cc1ccccc1-2)C(=O)O. The fraction of sp³-hybridized carbons (Fsp3) is 0.333. The van der Waals surface area contributed by atoms with Gasteiger partial charge in [-0.2, -0.15) is 0 Å². The van der Waals surface area contributed by atoms with E-state index in [1.165, 1.54) is 27.8 Å². The van der Waals surface area contributed by atoms with Gasteiger partial charge in [0.15, 0.2) is 5.92 Å². The molecule has 2 aromatic rings. The van der Waals surface area contributed by atoms with Crippen LogP contribution in [-0.4, -0.2) is 22.2 Å². The topological polar surface area (TPSA) is 74.6 Å². The number of aliphatic carboxylic acids is 2. The van der Waals surface area contributed by atoms with Crippen molar-refractivity contribution >= 4 is 11.9 Å². The van der Waals surface area contributed by atoms with E-state index in [9.17, 15) is 9.59 Å². The minimum Gasteiger partial charge on any atom is -0.481 e. The average Bonchev–Trinajstić information content (AvgIpc) is 2.96. The molecule has 0 spiro atoms. The number of carboxylic acid groups (broad SMARTS) is 2. The van der Waals surface area contributed by atoms with E-state index in [4.69, 9.17) is 10.2 Å². The molecule has 0 heterocycles. The second-order valence-electron chi connectivity index (χ2n) is 6.61. The molecule has 1 aliphatic rings. The van der Waals surface area contributed by atoms with Crippen molar-refractivity contribution in [1.82, 2.24) is 0 Å². The van der Waals surface area contributed by atoms with E-state index in [0.29, 0.717) is 6.42 Å². The van der Waals surface area contributed by atoms with Gasteiger partial charge in [0.2, 0.25) is 0 Å². The molecule has 0 radical (unpaired) electrons. The lowest BCUT2D eigenvalue weighted by Crippen LogP contribution is -2.23. The van der Waals surface area contributed by atoms with Crippen LogP contribution in [0.4, 0.5) is 0 Å². The third-order valence-corrected chi connectivity index (χ3v) is 4.98. The maximum atomic E-state index is 10.9. The minimum atomic E-state index is -1.28. The number of carbonyl (C=O) groups is 2. The Kier molecular flexibility index (Phi) is 5.17. The lowest BCUT2D eigenvalue weighted by atomic mass is 9.95. The van der Waals surface area contributed by atoms with Crippen LogP contribution >= 0.6 is 0 Å². The van der Waals surface area contributed by atoms with Gasteiger partial charge in [0.1, 0.15) is 0 Å². The molecule has 25 heavy (non-hydrogen) atoms. The van der Waals surface area contributed by atoms with Gasteiger partial charge in [-0.25, -0.2) is 0 Å². The van der Waals surface area contributed by atoms with Crippen LogP contribution in [0.25, 0.3) is 11.1 Å². The standard InChI is InChI=1S/C21H22O4/c22-20(23)18(21(24)25)11-3-1-2-7-14-9-6-12-17-16-10-5-4-8-15(16)13-19(14)17/h4-6,8-10,12,18H,1-3,7,11,13H2,(H,22,23)(H,24,25). The number of carboxylic acids is 2. The molecule has 0 unspecified atom stereocenters. The van der Waals surface area contributed by atoms with Gasteiger partial charge >= 0.3 is 11.9 Å². The summed E-state index contributed by atoms with van der Waals surface area (Å²) in [6, 6.07) is 14.9. The minimum absolute atomic E-state index is 0.197. The Balaban J connectivity index is 1.56. The highest BCUT2D eigenvalue weighted by molar-refractivity contribution is 5.92. The van der Waals surface area contributed by atoms with Gasteiger partial charge in [0.05, 0.1) is 0 Å². The van der Waals surface area contributed by atoms with Crippen LogP contribution in [-0.2, 0) is 22.4 Å². The first kappa shape index (κ1) is 17.2. The second kappa shape index (κ2) is 7.51. The molecule has 2 N–H and O–H groups in total. The van der Waals surface area contributed by atoms with Crippen molar-refractivity contribution in [2.24, 2.45) is 5.92 Å². The Morgan fingerprint density at radius 2 is 1.60 bits per heavy atom.